The molecule has 1 aromatic carbocycles. The topological polar surface area (TPSA) is 171 Å². The molecule has 0 spiro atoms. The molecule has 10 heteroatoms. The molecule has 0 radical (unpaired) electrons. The highest BCUT2D eigenvalue weighted by atomic mass is 31.2. The van der Waals surface area contributed by atoms with Crippen molar-refractivity contribution >= 4 is 13.5 Å². The van der Waals surface area contributed by atoms with Crippen LogP contribution in [0, 0.1) is 5.92 Å². The zero-order valence-electron chi connectivity index (χ0n) is 13.8. The zero-order valence-corrected chi connectivity index (χ0v) is 14.7. The summed E-state index contributed by atoms with van der Waals surface area (Å²) < 4.78 is 14.3. The van der Waals surface area contributed by atoms with Gasteiger partial charge in [-0.25, -0.2) is 4.57 Å². The number of phenols is 1. The van der Waals surface area contributed by atoms with E-state index < -0.39 is 42.6 Å². The SMILES string of the molecule is CC(CC(O)(O)C1C(O)=CC(O)=CC1=NP(=O)(O)O)c1cccc(O)c1. The van der Waals surface area contributed by atoms with E-state index in [2.05, 4.69) is 4.76 Å². The molecule has 0 amide bonds. The molecule has 7 N–H and O–H groups in total. The molecular formula is C16H20NO8P. The molecule has 0 fully saturated rings. The summed E-state index contributed by atoms with van der Waals surface area (Å²) in [4.78, 5) is 18.1. The first-order valence-electron chi connectivity index (χ1n) is 7.59. The minimum absolute atomic E-state index is 0.00662. The highest BCUT2D eigenvalue weighted by Gasteiger charge is 2.44. The van der Waals surface area contributed by atoms with Crippen LogP contribution in [0.5, 0.6) is 5.75 Å². The number of aliphatic hydroxyl groups is 4. The van der Waals surface area contributed by atoms with Gasteiger partial charge in [0.1, 0.15) is 23.2 Å². The highest BCUT2D eigenvalue weighted by Crippen LogP contribution is 2.42. The van der Waals surface area contributed by atoms with Crippen LogP contribution in [0.25, 0.3) is 0 Å². The van der Waals surface area contributed by atoms with Crippen molar-refractivity contribution in [2.24, 2.45) is 10.7 Å². The highest BCUT2D eigenvalue weighted by molar-refractivity contribution is 7.50. The monoisotopic (exact) mass is 385 g/mol. The van der Waals surface area contributed by atoms with Crippen molar-refractivity contribution in [2.45, 2.75) is 25.0 Å². The summed E-state index contributed by atoms with van der Waals surface area (Å²) in [6.07, 6.45) is 1.32. The first kappa shape index (κ1) is 20.2. The lowest BCUT2D eigenvalue weighted by molar-refractivity contribution is -0.188. The van der Waals surface area contributed by atoms with Crippen LogP contribution in [0.4, 0.5) is 0 Å². The average Bonchev–Trinajstić information content (AvgIpc) is 2.43. The van der Waals surface area contributed by atoms with Gasteiger partial charge >= 0.3 is 7.75 Å². The second-order valence-corrected chi connectivity index (χ2v) is 7.41. The summed E-state index contributed by atoms with van der Waals surface area (Å²) >= 11 is 0. The molecule has 9 nitrogen and oxygen atoms in total. The third kappa shape index (κ3) is 4.94. The Morgan fingerprint density at radius 3 is 2.42 bits per heavy atom. The third-order valence-corrected chi connectivity index (χ3v) is 4.43. The average molecular weight is 385 g/mol. The van der Waals surface area contributed by atoms with Gasteiger partial charge in [-0.1, -0.05) is 19.1 Å². The van der Waals surface area contributed by atoms with Crippen LogP contribution in [0.3, 0.4) is 0 Å². The van der Waals surface area contributed by atoms with Crippen LogP contribution < -0.4 is 0 Å². The second-order valence-electron chi connectivity index (χ2n) is 6.19. The standard InChI is InChI=1S/C16H20NO8P/c1-9(10-3-2-4-11(18)5-10)8-16(21,22)15-13(17-26(23,24)25)6-12(19)7-14(15)20/h2-7,9,15,18-22H,8H2,1H3,(H2,23,24,25). The molecular weight excluding hydrogens is 365 g/mol. The summed E-state index contributed by atoms with van der Waals surface area (Å²) in [7, 11) is -4.95. The molecule has 142 valence electrons. The normalized spacial score (nSPS) is 21.3. The van der Waals surface area contributed by atoms with Gasteiger partial charge in [-0.15, -0.1) is 0 Å². The predicted octanol–water partition coefficient (Wildman–Crippen LogP) is 1.61. The Kier molecular flexibility index (Phi) is 5.60. The maximum atomic E-state index is 11.2. The van der Waals surface area contributed by atoms with Gasteiger partial charge in [0.2, 0.25) is 0 Å². The van der Waals surface area contributed by atoms with Crippen LogP contribution in [0.1, 0.15) is 24.8 Å². The second kappa shape index (κ2) is 7.22. The van der Waals surface area contributed by atoms with Gasteiger partial charge in [-0.05, 0) is 23.6 Å². The Labute approximate surface area is 149 Å². The Bertz CT molecular complexity index is 823. The van der Waals surface area contributed by atoms with Crippen LogP contribution in [-0.4, -0.2) is 46.8 Å². The summed E-state index contributed by atoms with van der Waals surface area (Å²) in [6.45, 7) is 1.65. The number of phenolic OH excluding ortho intramolecular Hbond substituents is 1. The number of aromatic hydroxyl groups is 1. The zero-order chi connectivity index (χ0) is 19.7. The Morgan fingerprint density at radius 2 is 1.85 bits per heavy atom. The Balaban J connectivity index is 2.37. The summed E-state index contributed by atoms with van der Waals surface area (Å²) in [5.74, 6) is -6.07. The first-order valence-corrected chi connectivity index (χ1v) is 9.16. The third-order valence-electron chi connectivity index (χ3n) is 3.94. The van der Waals surface area contributed by atoms with Crippen LogP contribution in [0.2, 0.25) is 0 Å². The molecule has 1 aromatic rings. The number of hydrogen-bond acceptors (Lipinski definition) is 6. The quantitative estimate of drug-likeness (QED) is 0.296. The molecule has 2 rings (SSSR count). The fraction of sp³-hybridized carbons (Fsp3) is 0.312. The van der Waals surface area contributed by atoms with Crippen molar-refractivity contribution in [3.05, 3.63) is 53.5 Å². The van der Waals surface area contributed by atoms with Crippen molar-refractivity contribution in [3.8, 4) is 5.75 Å². The molecule has 1 aliphatic carbocycles. The van der Waals surface area contributed by atoms with Crippen molar-refractivity contribution < 1.29 is 39.9 Å². The maximum absolute atomic E-state index is 11.2. The fourth-order valence-electron chi connectivity index (χ4n) is 2.89. The van der Waals surface area contributed by atoms with Crippen molar-refractivity contribution in [1.29, 1.82) is 0 Å². The van der Waals surface area contributed by atoms with Gasteiger partial charge in [0.25, 0.3) is 0 Å². The summed E-state index contributed by atoms with van der Waals surface area (Å²) in [6, 6.07) is 6.13. The Hall–Kier alpha value is -2.16. The van der Waals surface area contributed by atoms with Crippen molar-refractivity contribution in [3.63, 3.8) is 0 Å². The number of aliphatic hydroxyl groups excluding tert-OH is 2. The number of benzene rings is 1. The van der Waals surface area contributed by atoms with Gasteiger partial charge in [-0.3, -0.25) is 0 Å². The number of hydrogen-bond donors (Lipinski definition) is 7. The van der Waals surface area contributed by atoms with E-state index in [4.69, 9.17) is 9.79 Å². The molecule has 0 saturated heterocycles. The largest absolute Gasteiger partial charge is 0.511 e. The molecule has 0 bridgehead atoms. The molecule has 0 heterocycles. The van der Waals surface area contributed by atoms with Gasteiger partial charge in [0.15, 0.2) is 5.79 Å². The molecule has 26 heavy (non-hydrogen) atoms. The lowest BCUT2D eigenvalue weighted by atomic mass is 9.81. The van der Waals surface area contributed by atoms with Gasteiger partial charge in [0, 0.05) is 18.6 Å². The maximum Gasteiger partial charge on any atom is 0.448 e. The van der Waals surface area contributed by atoms with Crippen LogP contribution >= 0.6 is 7.75 Å². The summed E-state index contributed by atoms with van der Waals surface area (Å²) in [5, 5.41) is 50.1. The van der Waals surface area contributed by atoms with E-state index in [-0.39, 0.29) is 12.2 Å². The van der Waals surface area contributed by atoms with Gasteiger partial charge < -0.3 is 35.3 Å². The van der Waals surface area contributed by atoms with E-state index in [1.165, 1.54) is 12.1 Å². The van der Waals surface area contributed by atoms with Crippen LogP contribution in [-0.2, 0) is 4.57 Å². The first-order chi connectivity index (χ1) is 11.9. The van der Waals surface area contributed by atoms with Gasteiger partial charge in [-0.2, -0.15) is 4.76 Å². The van der Waals surface area contributed by atoms with Gasteiger partial charge in [0.05, 0.1) is 5.71 Å². The number of rotatable bonds is 5. The predicted molar refractivity (Wildman–Crippen MR) is 92.7 cm³/mol. The van der Waals surface area contributed by atoms with Crippen LogP contribution in [0.15, 0.2) is 52.7 Å². The molecule has 0 aliphatic heterocycles. The number of allylic oxidation sites excluding steroid dienone is 2. The minimum atomic E-state index is -4.95. The van der Waals surface area contributed by atoms with Crippen molar-refractivity contribution in [2.75, 3.05) is 0 Å². The minimum Gasteiger partial charge on any atom is -0.511 e. The molecule has 1 aliphatic rings. The Morgan fingerprint density at radius 1 is 1.19 bits per heavy atom. The molecule has 0 aromatic heterocycles. The number of nitrogens with zero attached hydrogens (tertiary/aromatic N) is 1. The summed E-state index contributed by atoms with van der Waals surface area (Å²) in [5.41, 5.74) is 0.0209. The van der Waals surface area contributed by atoms with E-state index in [0.29, 0.717) is 5.56 Å². The van der Waals surface area contributed by atoms with E-state index in [9.17, 15) is 30.1 Å². The molecule has 2 unspecified atom stereocenters. The van der Waals surface area contributed by atoms with E-state index in [1.807, 2.05) is 0 Å². The van der Waals surface area contributed by atoms with Crippen molar-refractivity contribution in [1.82, 2.24) is 0 Å². The lowest BCUT2D eigenvalue weighted by Crippen LogP contribution is -2.45. The van der Waals surface area contributed by atoms with E-state index in [0.717, 1.165) is 12.2 Å². The van der Waals surface area contributed by atoms with E-state index in [1.54, 1.807) is 19.1 Å². The molecule has 0 saturated carbocycles. The fourth-order valence-corrected chi connectivity index (χ4v) is 3.37. The van der Waals surface area contributed by atoms with E-state index >= 15 is 0 Å². The smallest absolute Gasteiger partial charge is 0.448 e. The lowest BCUT2D eigenvalue weighted by Gasteiger charge is -2.34. The molecule has 2 atom stereocenters.